The Balaban J connectivity index is 0.00000288. The van der Waals surface area contributed by atoms with E-state index in [1.165, 1.54) is 18.6 Å². The van der Waals surface area contributed by atoms with E-state index in [1.54, 1.807) is 0 Å². The van der Waals surface area contributed by atoms with Gasteiger partial charge in [0.1, 0.15) is 0 Å². The van der Waals surface area contributed by atoms with E-state index in [1.807, 2.05) is 43.0 Å². The van der Waals surface area contributed by atoms with Crippen molar-refractivity contribution in [1.82, 2.24) is 10.6 Å². The first-order valence-corrected chi connectivity index (χ1v) is 9.42. The molecule has 3 N–H and O–H groups in total. The molecule has 2 atom stereocenters. The van der Waals surface area contributed by atoms with E-state index < -0.39 is 6.10 Å². The third-order valence-electron chi connectivity index (χ3n) is 4.11. The fraction of sp³-hybridized carbons (Fsp3) is 0.611. The molecular weight excluding hydrogens is 433 g/mol. The van der Waals surface area contributed by atoms with Crippen LogP contribution < -0.4 is 10.6 Å². The van der Waals surface area contributed by atoms with Crippen LogP contribution >= 0.6 is 35.7 Å². The molecule has 1 fully saturated rings. The van der Waals surface area contributed by atoms with Crippen molar-refractivity contribution in [3.05, 3.63) is 35.4 Å². The van der Waals surface area contributed by atoms with Crippen LogP contribution in [0.15, 0.2) is 29.3 Å². The van der Waals surface area contributed by atoms with Crippen LogP contribution in [0.5, 0.6) is 0 Å². The van der Waals surface area contributed by atoms with Gasteiger partial charge in [-0.2, -0.15) is 11.8 Å². The van der Waals surface area contributed by atoms with Gasteiger partial charge in [-0.3, -0.25) is 4.99 Å². The van der Waals surface area contributed by atoms with Crippen molar-refractivity contribution in [2.24, 2.45) is 4.99 Å². The average molecular weight is 463 g/mol. The molecule has 0 amide bonds. The highest BCUT2D eigenvalue weighted by Gasteiger charge is 2.29. The Morgan fingerprint density at radius 1 is 1.42 bits per heavy atom. The summed E-state index contributed by atoms with van der Waals surface area (Å²) in [5, 5.41) is 16.9. The van der Waals surface area contributed by atoms with Gasteiger partial charge in [0.25, 0.3) is 0 Å². The molecule has 0 saturated carbocycles. The number of aryl methyl sites for hydroxylation is 1. The van der Waals surface area contributed by atoms with Crippen LogP contribution in [0.3, 0.4) is 0 Å². The Bertz CT molecular complexity index is 533. The van der Waals surface area contributed by atoms with Gasteiger partial charge in [-0.15, -0.1) is 24.0 Å². The summed E-state index contributed by atoms with van der Waals surface area (Å²) in [5.41, 5.74) is 2.10. The second-order valence-corrected chi connectivity index (χ2v) is 8.09. The Morgan fingerprint density at radius 3 is 2.83 bits per heavy atom. The second kappa shape index (κ2) is 10.5. The highest BCUT2D eigenvalue weighted by atomic mass is 127. The lowest BCUT2D eigenvalue weighted by atomic mass is 10.1. The van der Waals surface area contributed by atoms with Crippen LogP contribution in [0.1, 0.15) is 43.9 Å². The largest absolute Gasteiger partial charge is 0.387 e. The molecule has 0 bridgehead atoms. The zero-order valence-electron chi connectivity index (χ0n) is 14.8. The molecule has 1 aliphatic rings. The lowest BCUT2D eigenvalue weighted by Gasteiger charge is -2.21. The number of hydrogen-bond donors (Lipinski definition) is 3. The Hall–Kier alpha value is -0.470. The van der Waals surface area contributed by atoms with Gasteiger partial charge in [0.15, 0.2) is 5.96 Å². The maximum Gasteiger partial charge on any atom is 0.191 e. The second-order valence-electron chi connectivity index (χ2n) is 6.41. The van der Waals surface area contributed by atoms with Crippen LogP contribution in [-0.4, -0.2) is 41.2 Å². The number of nitrogens with zero attached hydrogens (tertiary/aromatic N) is 1. The molecule has 1 saturated heterocycles. The van der Waals surface area contributed by atoms with Gasteiger partial charge in [-0.1, -0.05) is 29.8 Å². The third kappa shape index (κ3) is 6.80. The average Bonchev–Trinajstić information content (AvgIpc) is 2.97. The zero-order valence-corrected chi connectivity index (χ0v) is 18.0. The molecule has 24 heavy (non-hydrogen) atoms. The van der Waals surface area contributed by atoms with Crippen molar-refractivity contribution in [2.75, 3.05) is 25.4 Å². The number of aliphatic hydroxyl groups excluding tert-OH is 1. The Kier molecular flexibility index (Phi) is 9.44. The minimum Gasteiger partial charge on any atom is -0.387 e. The number of benzene rings is 1. The number of guanidine groups is 1. The first-order chi connectivity index (χ1) is 11.0. The number of nitrogens with one attached hydrogen (secondary N) is 2. The van der Waals surface area contributed by atoms with Crippen molar-refractivity contribution in [3.63, 3.8) is 0 Å². The summed E-state index contributed by atoms with van der Waals surface area (Å²) in [6.45, 7) is 8.47. The lowest BCUT2D eigenvalue weighted by molar-refractivity contribution is 0.181. The molecule has 2 rings (SSSR count). The maximum absolute atomic E-state index is 10.3. The fourth-order valence-electron chi connectivity index (χ4n) is 2.74. The number of aliphatic hydroxyl groups is 1. The molecule has 0 aromatic heterocycles. The highest BCUT2D eigenvalue weighted by Crippen LogP contribution is 2.37. The van der Waals surface area contributed by atoms with Crippen molar-refractivity contribution >= 4 is 41.7 Å². The molecule has 1 aliphatic heterocycles. The van der Waals surface area contributed by atoms with Crippen molar-refractivity contribution in [3.8, 4) is 0 Å². The summed E-state index contributed by atoms with van der Waals surface area (Å²) in [7, 11) is 0. The number of aliphatic imine (C=N–C) groups is 1. The maximum atomic E-state index is 10.3. The van der Waals surface area contributed by atoms with E-state index in [0.717, 1.165) is 30.2 Å². The van der Waals surface area contributed by atoms with Gasteiger partial charge in [0.05, 0.1) is 12.6 Å². The molecule has 0 radical (unpaired) electrons. The molecule has 1 heterocycles. The van der Waals surface area contributed by atoms with E-state index in [-0.39, 0.29) is 28.7 Å². The standard InChI is InChI=1S/C18H29N3OS.HI/c1-4-19-17(21-13-18(3)9-6-10-23-18)20-12-16(22)15-8-5-7-14(2)11-15;/h5,7-8,11,16,22H,4,6,9-10,12-13H2,1-3H3,(H2,19,20,21);1H. The Morgan fingerprint density at radius 2 is 2.21 bits per heavy atom. The Labute approximate surface area is 167 Å². The molecule has 1 aromatic rings. The van der Waals surface area contributed by atoms with Crippen LogP contribution in [0.4, 0.5) is 0 Å². The quantitative estimate of drug-likeness (QED) is 0.344. The predicted octanol–water partition coefficient (Wildman–Crippen LogP) is 3.49. The van der Waals surface area contributed by atoms with Crippen LogP contribution in [0.2, 0.25) is 0 Å². The van der Waals surface area contributed by atoms with Gasteiger partial charge in [-0.25, -0.2) is 0 Å². The van der Waals surface area contributed by atoms with Crippen molar-refractivity contribution in [2.45, 2.75) is 44.5 Å². The first kappa shape index (κ1) is 21.6. The number of halogens is 1. The van der Waals surface area contributed by atoms with Gasteiger partial charge >= 0.3 is 0 Å². The van der Waals surface area contributed by atoms with Crippen LogP contribution in [0.25, 0.3) is 0 Å². The summed E-state index contributed by atoms with van der Waals surface area (Å²) in [6, 6.07) is 7.99. The zero-order chi connectivity index (χ0) is 16.7. The lowest BCUT2D eigenvalue weighted by Crippen LogP contribution is -2.40. The van der Waals surface area contributed by atoms with Gasteiger partial charge < -0.3 is 15.7 Å². The molecule has 0 aliphatic carbocycles. The summed E-state index contributed by atoms with van der Waals surface area (Å²) in [5.74, 6) is 2.02. The fourth-order valence-corrected chi connectivity index (χ4v) is 3.96. The van der Waals surface area contributed by atoms with E-state index >= 15 is 0 Å². The number of rotatable bonds is 6. The van der Waals surface area contributed by atoms with Crippen molar-refractivity contribution < 1.29 is 5.11 Å². The van der Waals surface area contributed by atoms with Crippen LogP contribution in [0, 0.1) is 6.92 Å². The van der Waals surface area contributed by atoms with Gasteiger partial charge in [0, 0.05) is 17.8 Å². The molecule has 2 unspecified atom stereocenters. The molecule has 1 aromatic carbocycles. The molecule has 0 spiro atoms. The highest BCUT2D eigenvalue weighted by molar-refractivity contribution is 14.0. The van der Waals surface area contributed by atoms with E-state index in [0.29, 0.717) is 6.54 Å². The SMILES string of the molecule is CCNC(=NCC1(C)CCCS1)NCC(O)c1cccc(C)c1.I. The summed E-state index contributed by atoms with van der Waals surface area (Å²) >= 11 is 2.02. The van der Waals surface area contributed by atoms with Gasteiger partial charge in [-0.05, 0) is 44.9 Å². The predicted molar refractivity (Wildman–Crippen MR) is 116 cm³/mol. The molecule has 6 heteroatoms. The van der Waals surface area contributed by atoms with Crippen LogP contribution in [-0.2, 0) is 0 Å². The summed E-state index contributed by atoms with van der Waals surface area (Å²) in [4.78, 5) is 4.71. The normalized spacial score (nSPS) is 21.9. The molecular formula is C18H30IN3OS. The first-order valence-electron chi connectivity index (χ1n) is 8.43. The minimum absolute atomic E-state index is 0. The van der Waals surface area contributed by atoms with Gasteiger partial charge in [0.2, 0.25) is 0 Å². The van der Waals surface area contributed by atoms with E-state index in [4.69, 9.17) is 4.99 Å². The summed E-state index contributed by atoms with van der Waals surface area (Å²) in [6.07, 6.45) is 1.98. The minimum atomic E-state index is -0.532. The third-order valence-corrected chi connectivity index (χ3v) is 5.63. The molecule has 4 nitrogen and oxygen atoms in total. The monoisotopic (exact) mass is 463 g/mol. The van der Waals surface area contributed by atoms with E-state index in [9.17, 15) is 5.11 Å². The topological polar surface area (TPSA) is 56.7 Å². The molecule has 136 valence electrons. The van der Waals surface area contributed by atoms with Crippen molar-refractivity contribution in [1.29, 1.82) is 0 Å². The number of thioether (sulfide) groups is 1. The smallest absolute Gasteiger partial charge is 0.191 e. The van der Waals surface area contributed by atoms with E-state index in [2.05, 4.69) is 24.5 Å². The summed E-state index contributed by atoms with van der Waals surface area (Å²) < 4.78 is 0.261. The number of hydrogen-bond acceptors (Lipinski definition) is 3.